The van der Waals surface area contributed by atoms with Crippen LogP contribution in [-0.2, 0) is 12.8 Å². The van der Waals surface area contributed by atoms with E-state index in [2.05, 4.69) is 6.92 Å². The van der Waals surface area contributed by atoms with E-state index in [0.717, 1.165) is 30.8 Å². The lowest BCUT2D eigenvalue weighted by Crippen LogP contribution is -1.93. The Bertz CT molecular complexity index is 398. The second-order valence-electron chi connectivity index (χ2n) is 5.51. The molecule has 1 N–H and O–H groups in total. The van der Waals surface area contributed by atoms with Crippen molar-refractivity contribution in [2.45, 2.75) is 64.7 Å². The quantitative estimate of drug-likeness (QED) is 0.693. The Morgan fingerprint density at radius 2 is 1.79 bits per heavy atom. The normalized spacial score (nSPS) is 13.3. The summed E-state index contributed by atoms with van der Waals surface area (Å²) in [6.45, 7) is 3.02. The second-order valence-corrected chi connectivity index (χ2v) is 5.51. The molecular weight excluding hydrogens is 236 g/mol. The highest BCUT2D eigenvalue weighted by Gasteiger charge is 2.18. The first-order valence-corrected chi connectivity index (χ1v) is 7.79. The minimum atomic E-state index is 0.454. The van der Waals surface area contributed by atoms with Crippen LogP contribution >= 0.6 is 0 Å². The molecule has 1 aliphatic rings. The number of hydrogen-bond donors (Lipinski definition) is 1. The number of unbranched alkanes of at least 4 members (excludes halogenated alkanes) is 6. The van der Waals surface area contributed by atoms with Gasteiger partial charge in [0.05, 0.1) is 6.61 Å². The molecule has 0 fully saturated rings. The SMILES string of the molecule is CCCCCCCCCc1c(O)ccc2c1CCO2. The van der Waals surface area contributed by atoms with Crippen LogP contribution in [0.3, 0.4) is 0 Å². The van der Waals surface area contributed by atoms with E-state index in [1.165, 1.54) is 50.5 Å². The molecule has 0 bridgehead atoms. The van der Waals surface area contributed by atoms with Gasteiger partial charge in [0.2, 0.25) is 0 Å². The highest BCUT2D eigenvalue weighted by Crippen LogP contribution is 2.34. The maximum atomic E-state index is 9.99. The average Bonchev–Trinajstić information content (AvgIpc) is 2.88. The predicted molar refractivity (Wildman–Crippen MR) is 79.0 cm³/mol. The summed E-state index contributed by atoms with van der Waals surface area (Å²) in [6.07, 6.45) is 11.1. The summed E-state index contributed by atoms with van der Waals surface area (Å²) in [5.41, 5.74) is 2.37. The summed E-state index contributed by atoms with van der Waals surface area (Å²) in [4.78, 5) is 0. The lowest BCUT2D eigenvalue weighted by molar-refractivity contribution is 0.356. The first-order valence-electron chi connectivity index (χ1n) is 7.79. The Kier molecular flexibility index (Phi) is 5.56. The zero-order valence-corrected chi connectivity index (χ0v) is 12.1. The van der Waals surface area contributed by atoms with Crippen LogP contribution in [0.25, 0.3) is 0 Å². The van der Waals surface area contributed by atoms with Gasteiger partial charge in [0.1, 0.15) is 11.5 Å². The molecule has 0 radical (unpaired) electrons. The number of phenols is 1. The second kappa shape index (κ2) is 7.42. The molecule has 2 rings (SSSR count). The lowest BCUT2D eigenvalue weighted by Gasteiger charge is -2.09. The van der Waals surface area contributed by atoms with Crippen molar-refractivity contribution in [1.82, 2.24) is 0 Å². The first-order chi connectivity index (χ1) is 9.33. The van der Waals surface area contributed by atoms with Gasteiger partial charge in [0.25, 0.3) is 0 Å². The molecule has 0 spiro atoms. The number of aromatic hydroxyl groups is 1. The van der Waals surface area contributed by atoms with Crippen LogP contribution in [0.15, 0.2) is 12.1 Å². The summed E-state index contributed by atoms with van der Waals surface area (Å²) in [7, 11) is 0. The highest BCUT2D eigenvalue weighted by atomic mass is 16.5. The number of benzene rings is 1. The van der Waals surface area contributed by atoms with Gasteiger partial charge in [-0.25, -0.2) is 0 Å². The Morgan fingerprint density at radius 1 is 1.05 bits per heavy atom. The van der Waals surface area contributed by atoms with Crippen molar-refractivity contribution in [2.24, 2.45) is 0 Å². The summed E-state index contributed by atoms with van der Waals surface area (Å²) in [5, 5.41) is 9.99. The molecule has 0 saturated heterocycles. The first kappa shape index (κ1) is 14.2. The van der Waals surface area contributed by atoms with Crippen molar-refractivity contribution in [1.29, 1.82) is 0 Å². The van der Waals surface area contributed by atoms with Crippen LogP contribution in [0.4, 0.5) is 0 Å². The van der Waals surface area contributed by atoms with Crippen LogP contribution in [0.2, 0.25) is 0 Å². The molecule has 0 saturated carbocycles. The Labute approximate surface area is 116 Å². The van der Waals surface area contributed by atoms with Crippen LogP contribution in [0.1, 0.15) is 63.0 Å². The average molecular weight is 262 g/mol. The van der Waals surface area contributed by atoms with Gasteiger partial charge in [-0.15, -0.1) is 0 Å². The molecule has 0 unspecified atom stereocenters. The molecule has 2 nitrogen and oxygen atoms in total. The van der Waals surface area contributed by atoms with Crippen molar-refractivity contribution in [3.63, 3.8) is 0 Å². The zero-order valence-electron chi connectivity index (χ0n) is 12.1. The molecule has 0 amide bonds. The van der Waals surface area contributed by atoms with Crippen molar-refractivity contribution in [2.75, 3.05) is 6.61 Å². The van der Waals surface area contributed by atoms with E-state index in [0.29, 0.717) is 5.75 Å². The molecule has 19 heavy (non-hydrogen) atoms. The molecule has 2 heteroatoms. The number of hydrogen-bond acceptors (Lipinski definition) is 2. The van der Waals surface area contributed by atoms with Crippen LogP contribution < -0.4 is 4.74 Å². The third kappa shape index (κ3) is 3.89. The van der Waals surface area contributed by atoms with Gasteiger partial charge in [0.15, 0.2) is 0 Å². The monoisotopic (exact) mass is 262 g/mol. The highest BCUT2D eigenvalue weighted by molar-refractivity contribution is 5.49. The lowest BCUT2D eigenvalue weighted by atomic mass is 9.98. The third-order valence-corrected chi connectivity index (χ3v) is 4.00. The maximum absolute atomic E-state index is 9.99. The van der Waals surface area contributed by atoms with Gasteiger partial charge >= 0.3 is 0 Å². The third-order valence-electron chi connectivity index (χ3n) is 4.00. The topological polar surface area (TPSA) is 29.5 Å². The Balaban J connectivity index is 1.76. The van der Waals surface area contributed by atoms with Crippen LogP contribution in [-0.4, -0.2) is 11.7 Å². The van der Waals surface area contributed by atoms with Gasteiger partial charge < -0.3 is 9.84 Å². The van der Waals surface area contributed by atoms with Gasteiger partial charge in [-0.1, -0.05) is 45.4 Å². The van der Waals surface area contributed by atoms with E-state index in [1.54, 1.807) is 6.07 Å². The van der Waals surface area contributed by atoms with Crippen molar-refractivity contribution in [3.8, 4) is 11.5 Å². The van der Waals surface area contributed by atoms with E-state index in [1.807, 2.05) is 6.07 Å². The summed E-state index contributed by atoms with van der Waals surface area (Å²) in [6, 6.07) is 3.67. The van der Waals surface area contributed by atoms with Gasteiger partial charge in [0, 0.05) is 17.5 Å². The molecule has 1 aliphatic heterocycles. The van der Waals surface area contributed by atoms with E-state index in [-0.39, 0.29) is 0 Å². The Morgan fingerprint density at radius 3 is 2.58 bits per heavy atom. The minimum Gasteiger partial charge on any atom is -0.508 e. The predicted octanol–water partition coefficient (Wildman–Crippen LogP) is 4.62. The fourth-order valence-corrected chi connectivity index (χ4v) is 2.87. The van der Waals surface area contributed by atoms with E-state index in [9.17, 15) is 5.11 Å². The standard InChI is InChI=1S/C17H26O2/c1-2-3-4-5-6-7-8-9-14-15-12-13-19-17(15)11-10-16(14)18/h10-11,18H,2-9,12-13H2,1H3. The summed E-state index contributed by atoms with van der Waals surface area (Å²) in [5.74, 6) is 1.44. The molecular formula is C17H26O2. The molecule has 1 aromatic carbocycles. The smallest absolute Gasteiger partial charge is 0.123 e. The number of fused-ring (bicyclic) bond motifs is 1. The van der Waals surface area contributed by atoms with Crippen molar-refractivity contribution in [3.05, 3.63) is 23.3 Å². The van der Waals surface area contributed by atoms with E-state index in [4.69, 9.17) is 4.74 Å². The fraction of sp³-hybridized carbons (Fsp3) is 0.647. The largest absolute Gasteiger partial charge is 0.508 e. The minimum absolute atomic E-state index is 0.454. The molecule has 106 valence electrons. The summed E-state index contributed by atoms with van der Waals surface area (Å²) < 4.78 is 5.55. The number of phenolic OH excluding ortho intramolecular Hbond substituents is 1. The van der Waals surface area contributed by atoms with Gasteiger partial charge in [-0.05, 0) is 25.0 Å². The Hall–Kier alpha value is -1.18. The van der Waals surface area contributed by atoms with Gasteiger partial charge in [-0.3, -0.25) is 0 Å². The number of rotatable bonds is 8. The van der Waals surface area contributed by atoms with Crippen molar-refractivity contribution >= 4 is 0 Å². The van der Waals surface area contributed by atoms with E-state index >= 15 is 0 Å². The van der Waals surface area contributed by atoms with Crippen LogP contribution in [0.5, 0.6) is 11.5 Å². The van der Waals surface area contributed by atoms with Crippen molar-refractivity contribution < 1.29 is 9.84 Å². The molecule has 0 aliphatic carbocycles. The number of ether oxygens (including phenoxy) is 1. The fourth-order valence-electron chi connectivity index (χ4n) is 2.87. The zero-order chi connectivity index (χ0) is 13.5. The van der Waals surface area contributed by atoms with E-state index < -0.39 is 0 Å². The molecule has 0 atom stereocenters. The van der Waals surface area contributed by atoms with Crippen LogP contribution in [0, 0.1) is 0 Å². The molecule has 1 heterocycles. The summed E-state index contributed by atoms with van der Waals surface area (Å²) >= 11 is 0. The maximum Gasteiger partial charge on any atom is 0.123 e. The van der Waals surface area contributed by atoms with Gasteiger partial charge in [-0.2, -0.15) is 0 Å². The molecule has 0 aromatic heterocycles. The molecule has 1 aromatic rings.